The normalized spacial score (nSPS) is 9.90. The van der Waals surface area contributed by atoms with Gasteiger partial charge in [-0.05, 0) is 36.4 Å². The molecule has 2 rings (SSSR count). The lowest BCUT2D eigenvalue weighted by Crippen LogP contribution is -2.20. The van der Waals surface area contributed by atoms with Crippen molar-refractivity contribution < 1.29 is 13.9 Å². The molecule has 0 saturated carbocycles. The molecule has 2 amide bonds. The van der Waals surface area contributed by atoms with Gasteiger partial charge in [-0.2, -0.15) is 0 Å². The second-order valence-corrected chi connectivity index (χ2v) is 4.04. The van der Waals surface area contributed by atoms with E-state index in [-0.39, 0.29) is 5.82 Å². The Bertz CT molecular complexity index is 614. The maximum absolute atomic E-state index is 12.7. The van der Waals surface area contributed by atoms with Gasteiger partial charge in [-0.3, -0.25) is 0 Å². The van der Waals surface area contributed by atoms with E-state index in [0.29, 0.717) is 22.8 Å². The maximum Gasteiger partial charge on any atom is 0.323 e. The van der Waals surface area contributed by atoms with Crippen LogP contribution in [0, 0.1) is 5.82 Å². The predicted octanol–water partition coefficient (Wildman–Crippen LogP) is 3.06. The molecule has 0 unspecified atom stereocenters. The number of hydrogen-bond acceptors (Lipinski definition) is 3. The van der Waals surface area contributed by atoms with Crippen molar-refractivity contribution in [1.29, 1.82) is 0 Å². The number of halogens is 1. The second kappa shape index (κ2) is 5.92. The van der Waals surface area contributed by atoms with E-state index in [4.69, 9.17) is 10.5 Å². The third-order valence-electron chi connectivity index (χ3n) is 2.61. The minimum absolute atomic E-state index is 0.368. The summed E-state index contributed by atoms with van der Waals surface area (Å²) in [6.07, 6.45) is 0. The van der Waals surface area contributed by atoms with Gasteiger partial charge in [0.05, 0.1) is 18.5 Å². The van der Waals surface area contributed by atoms with Crippen LogP contribution in [-0.4, -0.2) is 13.1 Å². The van der Waals surface area contributed by atoms with Gasteiger partial charge in [0.15, 0.2) is 0 Å². The first-order valence-corrected chi connectivity index (χ1v) is 5.85. The Labute approximate surface area is 115 Å². The van der Waals surface area contributed by atoms with Crippen LogP contribution in [-0.2, 0) is 0 Å². The van der Waals surface area contributed by atoms with Gasteiger partial charge in [0.2, 0.25) is 0 Å². The number of ether oxygens (including phenoxy) is 1. The first-order valence-electron chi connectivity index (χ1n) is 5.85. The molecule has 0 saturated heterocycles. The molecule has 0 spiro atoms. The van der Waals surface area contributed by atoms with Crippen molar-refractivity contribution in [2.45, 2.75) is 0 Å². The van der Waals surface area contributed by atoms with Crippen LogP contribution in [0.4, 0.5) is 26.2 Å². The molecule has 0 aliphatic rings. The van der Waals surface area contributed by atoms with Crippen LogP contribution in [0.25, 0.3) is 0 Å². The summed E-state index contributed by atoms with van der Waals surface area (Å²) in [6, 6.07) is 9.90. The maximum atomic E-state index is 12.7. The summed E-state index contributed by atoms with van der Waals surface area (Å²) < 4.78 is 17.8. The number of carbonyl (C=O) groups is 1. The summed E-state index contributed by atoms with van der Waals surface area (Å²) in [4.78, 5) is 11.8. The van der Waals surface area contributed by atoms with E-state index in [2.05, 4.69) is 10.6 Å². The number of amides is 2. The molecule has 0 aliphatic heterocycles. The molecule has 4 N–H and O–H groups in total. The highest BCUT2D eigenvalue weighted by Crippen LogP contribution is 2.24. The Morgan fingerprint density at radius 2 is 1.85 bits per heavy atom. The third kappa shape index (κ3) is 3.38. The van der Waals surface area contributed by atoms with E-state index in [0.717, 1.165) is 0 Å². The van der Waals surface area contributed by atoms with E-state index in [1.54, 1.807) is 18.2 Å². The molecule has 0 bridgehead atoms. The number of nitrogens with two attached hydrogens (primary N) is 1. The van der Waals surface area contributed by atoms with Crippen molar-refractivity contribution in [3.63, 3.8) is 0 Å². The Hall–Kier alpha value is -2.76. The van der Waals surface area contributed by atoms with Gasteiger partial charge in [-0.1, -0.05) is 0 Å². The average Bonchev–Trinajstić information content (AvgIpc) is 2.44. The van der Waals surface area contributed by atoms with E-state index < -0.39 is 6.03 Å². The Morgan fingerprint density at radius 3 is 2.50 bits per heavy atom. The summed E-state index contributed by atoms with van der Waals surface area (Å²) in [5.74, 6) is 0.212. The van der Waals surface area contributed by atoms with Crippen LogP contribution in [0.15, 0.2) is 42.5 Å². The van der Waals surface area contributed by atoms with Gasteiger partial charge in [0, 0.05) is 11.8 Å². The Kier molecular flexibility index (Phi) is 4.05. The monoisotopic (exact) mass is 275 g/mol. The molecule has 2 aromatic rings. The van der Waals surface area contributed by atoms with Gasteiger partial charge < -0.3 is 21.1 Å². The van der Waals surface area contributed by atoms with E-state index in [1.165, 1.54) is 31.4 Å². The van der Waals surface area contributed by atoms with Crippen LogP contribution in [0.1, 0.15) is 0 Å². The fraction of sp³-hybridized carbons (Fsp3) is 0.0714. The molecule has 0 fully saturated rings. The number of urea groups is 1. The van der Waals surface area contributed by atoms with Crippen molar-refractivity contribution in [3.05, 3.63) is 48.3 Å². The molecule has 0 radical (unpaired) electrons. The van der Waals surface area contributed by atoms with E-state index >= 15 is 0 Å². The fourth-order valence-corrected chi connectivity index (χ4v) is 1.59. The number of carbonyl (C=O) groups excluding carboxylic acids is 1. The molecular formula is C14H14FN3O2. The highest BCUT2D eigenvalue weighted by molar-refractivity contribution is 6.01. The van der Waals surface area contributed by atoms with E-state index in [1.807, 2.05) is 0 Å². The smallest absolute Gasteiger partial charge is 0.323 e. The fourth-order valence-electron chi connectivity index (χ4n) is 1.59. The van der Waals surface area contributed by atoms with Gasteiger partial charge in [0.1, 0.15) is 11.6 Å². The average molecular weight is 275 g/mol. The van der Waals surface area contributed by atoms with Gasteiger partial charge in [0.25, 0.3) is 0 Å². The lowest BCUT2D eigenvalue weighted by atomic mass is 10.2. The van der Waals surface area contributed by atoms with Crippen LogP contribution in [0.5, 0.6) is 5.75 Å². The predicted molar refractivity (Wildman–Crippen MR) is 76.4 cm³/mol. The molecule has 104 valence electrons. The van der Waals surface area contributed by atoms with Gasteiger partial charge >= 0.3 is 6.03 Å². The highest BCUT2D eigenvalue weighted by Gasteiger charge is 2.07. The summed E-state index contributed by atoms with van der Waals surface area (Å²) in [7, 11) is 1.52. The zero-order valence-electron chi connectivity index (χ0n) is 10.8. The molecule has 6 heteroatoms. The molecule has 0 aromatic heterocycles. The second-order valence-electron chi connectivity index (χ2n) is 4.04. The number of methoxy groups -OCH3 is 1. The van der Waals surface area contributed by atoms with Crippen molar-refractivity contribution in [1.82, 2.24) is 0 Å². The van der Waals surface area contributed by atoms with Gasteiger partial charge in [-0.25, -0.2) is 9.18 Å². The zero-order chi connectivity index (χ0) is 14.5. The molecular weight excluding hydrogens is 261 g/mol. The Balaban J connectivity index is 2.06. The summed E-state index contributed by atoms with van der Waals surface area (Å²) in [5, 5.41) is 5.17. The zero-order valence-corrected chi connectivity index (χ0v) is 10.8. The minimum Gasteiger partial charge on any atom is -0.497 e. The van der Waals surface area contributed by atoms with Crippen LogP contribution in [0.2, 0.25) is 0 Å². The molecule has 0 aliphatic carbocycles. The summed E-state index contributed by atoms with van der Waals surface area (Å²) in [5.41, 5.74) is 7.09. The van der Waals surface area contributed by atoms with Crippen LogP contribution >= 0.6 is 0 Å². The number of nitrogens with one attached hydrogen (secondary N) is 2. The Morgan fingerprint density at radius 1 is 1.15 bits per heavy atom. The number of anilines is 3. The summed E-state index contributed by atoms with van der Waals surface area (Å²) >= 11 is 0. The topological polar surface area (TPSA) is 76.4 Å². The van der Waals surface area contributed by atoms with Crippen LogP contribution < -0.4 is 21.1 Å². The highest BCUT2D eigenvalue weighted by atomic mass is 19.1. The van der Waals surface area contributed by atoms with Gasteiger partial charge in [-0.15, -0.1) is 0 Å². The summed E-state index contributed by atoms with van der Waals surface area (Å²) in [6.45, 7) is 0. The third-order valence-corrected chi connectivity index (χ3v) is 2.61. The standard InChI is InChI=1S/C14H14FN3O2/c1-20-11-6-7-12(16)13(8-11)18-14(19)17-10-4-2-9(15)3-5-10/h2-8H,16H2,1H3,(H2,17,18,19). The lowest BCUT2D eigenvalue weighted by molar-refractivity contribution is 0.262. The number of rotatable bonds is 3. The van der Waals surface area contributed by atoms with E-state index in [9.17, 15) is 9.18 Å². The number of nitrogen functional groups attached to an aromatic ring is 1. The van der Waals surface area contributed by atoms with Crippen molar-refractivity contribution in [3.8, 4) is 5.75 Å². The first-order chi connectivity index (χ1) is 9.58. The van der Waals surface area contributed by atoms with Crippen LogP contribution in [0.3, 0.4) is 0 Å². The SMILES string of the molecule is COc1ccc(N)c(NC(=O)Nc2ccc(F)cc2)c1. The quantitative estimate of drug-likeness (QED) is 0.753. The lowest BCUT2D eigenvalue weighted by Gasteiger charge is -2.11. The number of hydrogen-bond donors (Lipinski definition) is 3. The first kappa shape index (κ1) is 13.7. The molecule has 5 nitrogen and oxygen atoms in total. The molecule has 0 heterocycles. The van der Waals surface area contributed by atoms with Crippen molar-refractivity contribution in [2.75, 3.05) is 23.5 Å². The molecule has 0 atom stereocenters. The molecule has 20 heavy (non-hydrogen) atoms. The van der Waals surface area contributed by atoms with Crippen molar-refractivity contribution in [2.24, 2.45) is 0 Å². The minimum atomic E-state index is -0.475. The molecule has 2 aromatic carbocycles. The van der Waals surface area contributed by atoms with Crippen molar-refractivity contribution >= 4 is 23.1 Å². The largest absolute Gasteiger partial charge is 0.497 e. The number of benzene rings is 2.